The van der Waals surface area contributed by atoms with Crippen molar-refractivity contribution in [1.82, 2.24) is 29.9 Å². The first-order valence-corrected chi connectivity index (χ1v) is 7.83. The molecular formula is C15H19N7O. The molecule has 3 aromatic rings. The molecule has 0 N–H and O–H groups in total. The van der Waals surface area contributed by atoms with E-state index < -0.39 is 0 Å². The van der Waals surface area contributed by atoms with Crippen molar-refractivity contribution in [2.45, 2.75) is 32.6 Å². The molecule has 1 aliphatic heterocycles. The van der Waals surface area contributed by atoms with Crippen LogP contribution in [0.25, 0.3) is 11.0 Å². The van der Waals surface area contributed by atoms with E-state index in [1.165, 1.54) is 0 Å². The van der Waals surface area contributed by atoms with Crippen LogP contribution in [0.15, 0.2) is 10.7 Å². The van der Waals surface area contributed by atoms with Gasteiger partial charge >= 0.3 is 0 Å². The lowest BCUT2D eigenvalue weighted by molar-refractivity contribution is 0.377. The molecular weight excluding hydrogens is 294 g/mol. The normalized spacial score (nSPS) is 18.7. The summed E-state index contributed by atoms with van der Waals surface area (Å²) in [4.78, 5) is 15.8. The number of nitrogens with zero attached hydrogens (tertiary/aromatic N) is 7. The van der Waals surface area contributed by atoms with Gasteiger partial charge in [0.2, 0.25) is 5.89 Å². The molecule has 4 heterocycles. The Morgan fingerprint density at radius 2 is 2.09 bits per heavy atom. The molecule has 0 spiro atoms. The number of aryl methyl sites for hydroxylation is 3. The van der Waals surface area contributed by atoms with Gasteiger partial charge in [0.25, 0.3) is 0 Å². The monoisotopic (exact) mass is 313 g/mol. The Labute approximate surface area is 133 Å². The molecule has 3 aromatic heterocycles. The van der Waals surface area contributed by atoms with Crippen LogP contribution in [0.4, 0.5) is 5.82 Å². The third-order valence-corrected chi connectivity index (χ3v) is 4.31. The van der Waals surface area contributed by atoms with E-state index in [1.807, 2.05) is 27.1 Å². The number of rotatable bonds is 2. The molecule has 1 aliphatic rings. The predicted octanol–water partition coefficient (Wildman–Crippen LogP) is 1.75. The lowest BCUT2D eigenvalue weighted by Gasteiger charge is -2.32. The Bertz CT molecular complexity index is 853. The van der Waals surface area contributed by atoms with Crippen molar-refractivity contribution in [3.05, 3.63) is 23.7 Å². The first-order valence-electron chi connectivity index (χ1n) is 7.83. The highest BCUT2D eigenvalue weighted by Crippen LogP contribution is 2.31. The summed E-state index contributed by atoms with van der Waals surface area (Å²) in [5, 5.41) is 9.40. The largest absolute Gasteiger partial charge is 0.355 e. The van der Waals surface area contributed by atoms with E-state index in [0.717, 1.165) is 54.4 Å². The molecule has 4 rings (SSSR count). The Balaban J connectivity index is 1.70. The van der Waals surface area contributed by atoms with Gasteiger partial charge in [-0.15, -0.1) is 0 Å². The SMILES string of the molecule is Cc1nc(N2CCC[C@@H](c3noc(C)n3)C2)c2cnn(C)c2n1. The molecule has 0 aliphatic carbocycles. The average Bonchev–Trinajstić information content (AvgIpc) is 3.14. The second-order valence-electron chi connectivity index (χ2n) is 6.06. The highest BCUT2D eigenvalue weighted by molar-refractivity contribution is 5.87. The van der Waals surface area contributed by atoms with Crippen molar-refractivity contribution in [2.75, 3.05) is 18.0 Å². The van der Waals surface area contributed by atoms with Crippen LogP contribution in [-0.2, 0) is 7.05 Å². The number of fused-ring (bicyclic) bond motifs is 1. The summed E-state index contributed by atoms with van der Waals surface area (Å²) in [6, 6.07) is 0. The third kappa shape index (κ3) is 2.43. The van der Waals surface area contributed by atoms with E-state index in [9.17, 15) is 0 Å². The Morgan fingerprint density at radius 3 is 2.87 bits per heavy atom. The van der Waals surface area contributed by atoms with Crippen molar-refractivity contribution in [1.29, 1.82) is 0 Å². The molecule has 0 aromatic carbocycles. The quantitative estimate of drug-likeness (QED) is 0.712. The van der Waals surface area contributed by atoms with Crippen molar-refractivity contribution in [3.63, 3.8) is 0 Å². The molecule has 0 amide bonds. The molecule has 8 nitrogen and oxygen atoms in total. The van der Waals surface area contributed by atoms with Gasteiger partial charge in [-0.3, -0.25) is 4.68 Å². The zero-order valence-corrected chi connectivity index (χ0v) is 13.5. The molecule has 8 heteroatoms. The van der Waals surface area contributed by atoms with Gasteiger partial charge in [-0.1, -0.05) is 5.16 Å². The second kappa shape index (κ2) is 5.29. The van der Waals surface area contributed by atoms with Gasteiger partial charge in [-0.05, 0) is 19.8 Å². The van der Waals surface area contributed by atoms with E-state index in [2.05, 4.69) is 30.1 Å². The molecule has 0 bridgehead atoms. The summed E-state index contributed by atoms with van der Waals surface area (Å²) in [5.41, 5.74) is 0.866. The van der Waals surface area contributed by atoms with E-state index >= 15 is 0 Å². The summed E-state index contributed by atoms with van der Waals surface area (Å²) in [7, 11) is 1.90. The van der Waals surface area contributed by atoms with Crippen molar-refractivity contribution in [2.24, 2.45) is 7.05 Å². The molecule has 23 heavy (non-hydrogen) atoms. The summed E-state index contributed by atoms with van der Waals surface area (Å²) in [5.74, 6) is 3.38. The topological polar surface area (TPSA) is 85.8 Å². The van der Waals surface area contributed by atoms with E-state index in [4.69, 9.17) is 4.52 Å². The third-order valence-electron chi connectivity index (χ3n) is 4.31. The number of anilines is 1. The minimum atomic E-state index is 0.267. The Morgan fingerprint density at radius 1 is 1.22 bits per heavy atom. The van der Waals surface area contributed by atoms with Crippen molar-refractivity contribution >= 4 is 16.9 Å². The summed E-state index contributed by atoms with van der Waals surface area (Å²) in [6.45, 7) is 5.54. The van der Waals surface area contributed by atoms with Crippen LogP contribution in [0, 0.1) is 13.8 Å². The second-order valence-corrected chi connectivity index (χ2v) is 6.06. The maximum atomic E-state index is 5.13. The highest BCUT2D eigenvalue weighted by Gasteiger charge is 2.27. The minimum Gasteiger partial charge on any atom is -0.355 e. The number of aromatic nitrogens is 6. The molecule has 0 unspecified atom stereocenters. The van der Waals surface area contributed by atoms with Gasteiger partial charge in [0.15, 0.2) is 11.5 Å². The Kier molecular flexibility index (Phi) is 3.24. The summed E-state index contributed by atoms with van der Waals surface area (Å²) >= 11 is 0. The van der Waals surface area contributed by atoms with E-state index in [-0.39, 0.29) is 5.92 Å². The molecule has 1 saturated heterocycles. The molecule has 1 fully saturated rings. The number of hydrogen-bond donors (Lipinski definition) is 0. The summed E-state index contributed by atoms with van der Waals surface area (Å²) < 4.78 is 6.92. The van der Waals surface area contributed by atoms with Gasteiger partial charge in [-0.25, -0.2) is 9.97 Å². The highest BCUT2D eigenvalue weighted by atomic mass is 16.5. The molecule has 120 valence electrons. The van der Waals surface area contributed by atoms with Crippen LogP contribution >= 0.6 is 0 Å². The van der Waals surface area contributed by atoms with Crippen LogP contribution < -0.4 is 4.90 Å². The molecule has 1 atom stereocenters. The minimum absolute atomic E-state index is 0.267. The zero-order chi connectivity index (χ0) is 16.0. The zero-order valence-electron chi connectivity index (χ0n) is 13.5. The van der Waals surface area contributed by atoms with Crippen LogP contribution in [0.2, 0.25) is 0 Å². The number of piperidine rings is 1. The van der Waals surface area contributed by atoms with E-state index in [0.29, 0.717) is 5.89 Å². The molecule has 0 saturated carbocycles. The first-order chi connectivity index (χ1) is 11.1. The standard InChI is InChI=1S/C15H19N7O/c1-9-17-14-12(7-16-21(14)3)15(18-9)22-6-4-5-11(8-22)13-19-10(2)23-20-13/h7,11H,4-6,8H2,1-3H3/t11-/m1/s1. The average molecular weight is 313 g/mol. The fourth-order valence-electron chi connectivity index (χ4n) is 3.22. The van der Waals surface area contributed by atoms with Gasteiger partial charge in [0.1, 0.15) is 11.6 Å². The van der Waals surface area contributed by atoms with Gasteiger partial charge in [0, 0.05) is 33.0 Å². The predicted molar refractivity (Wildman–Crippen MR) is 84.3 cm³/mol. The van der Waals surface area contributed by atoms with Crippen LogP contribution in [0.5, 0.6) is 0 Å². The lowest BCUT2D eigenvalue weighted by Crippen LogP contribution is -2.35. The Hall–Kier alpha value is -2.51. The molecule has 0 radical (unpaired) electrons. The van der Waals surface area contributed by atoms with Crippen molar-refractivity contribution in [3.8, 4) is 0 Å². The smallest absolute Gasteiger partial charge is 0.223 e. The van der Waals surface area contributed by atoms with Crippen LogP contribution in [-0.4, -0.2) is 43.0 Å². The summed E-state index contributed by atoms with van der Waals surface area (Å²) in [6.07, 6.45) is 3.98. The maximum Gasteiger partial charge on any atom is 0.223 e. The fourth-order valence-corrected chi connectivity index (χ4v) is 3.22. The van der Waals surface area contributed by atoms with Crippen LogP contribution in [0.3, 0.4) is 0 Å². The van der Waals surface area contributed by atoms with Gasteiger partial charge < -0.3 is 9.42 Å². The van der Waals surface area contributed by atoms with Gasteiger partial charge in [-0.2, -0.15) is 10.1 Å². The fraction of sp³-hybridized carbons (Fsp3) is 0.533. The van der Waals surface area contributed by atoms with Crippen LogP contribution in [0.1, 0.15) is 36.3 Å². The van der Waals surface area contributed by atoms with Gasteiger partial charge in [0.05, 0.1) is 11.6 Å². The lowest BCUT2D eigenvalue weighted by atomic mass is 9.97. The maximum absolute atomic E-state index is 5.13. The first kappa shape index (κ1) is 14.1. The van der Waals surface area contributed by atoms with Crippen molar-refractivity contribution < 1.29 is 4.52 Å². The number of hydrogen-bond acceptors (Lipinski definition) is 7. The van der Waals surface area contributed by atoms with E-state index in [1.54, 1.807) is 4.68 Å².